The van der Waals surface area contributed by atoms with E-state index in [0.717, 1.165) is 61.2 Å². The highest BCUT2D eigenvalue weighted by atomic mass is 16.5. The number of hydrogen-bond acceptors (Lipinski definition) is 4. The number of carbonyl (C=O) groups is 1. The van der Waals surface area contributed by atoms with Gasteiger partial charge in [0, 0.05) is 18.5 Å². The molecule has 4 nitrogen and oxygen atoms in total. The predicted octanol–water partition coefficient (Wildman–Crippen LogP) is 5.53. The Kier molecular flexibility index (Phi) is 8.48. The normalized spacial score (nSPS) is 15.0. The summed E-state index contributed by atoms with van der Waals surface area (Å²) in [7, 11) is 1.42. The number of piperidine rings is 1. The van der Waals surface area contributed by atoms with Crippen molar-refractivity contribution in [1.29, 1.82) is 0 Å². The van der Waals surface area contributed by atoms with E-state index in [2.05, 4.69) is 16.7 Å². The fraction of sp³-hybridized carbons (Fsp3) is 0.364. The van der Waals surface area contributed by atoms with Gasteiger partial charge in [0.15, 0.2) is 0 Å². The number of aliphatic hydroxyl groups is 1. The van der Waals surface area contributed by atoms with Crippen molar-refractivity contribution in [3.8, 4) is 11.8 Å². The van der Waals surface area contributed by atoms with Gasteiger partial charge in [-0.15, -0.1) is 0 Å². The first-order valence-electron chi connectivity index (χ1n) is 13.1. The van der Waals surface area contributed by atoms with Gasteiger partial charge in [-0.3, -0.25) is 4.79 Å². The Morgan fingerprint density at radius 3 is 1.95 bits per heavy atom. The Morgan fingerprint density at radius 1 is 0.892 bits per heavy atom. The van der Waals surface area contributed by atoms with E-state index in [9.17, 15) is 9.90 Å². The van der Waals surface area contributed by atoms with Crippen molar-refractivity contribution in [2.45, 2.75) is 44.1 Å². The molecule has 0 spiro atoms. The average Bonchev–Trinajstić information content (AvgIpc) is 2.96. The monoisotopic (exact) mass is 495 g/mol. The predicted molar refractivity (Wildman–Crippen MR) is 148 cm³/mol. The largest absolute Gasteiger partial charge is 0.468 e. The summed E-state index contributed by atoms with van der Waals surface area (Å²) in [4.78, 5) is 14.5. The maximum Gasteiger partial charge on any atom is 0.315 e. The van der Waals surface area contributed by atoms with E-state index < -0.39 is 11.0 Å². The number of rotatable bonds is 7. The summed E-state index contributed by atoms with van der Waals surface area (Å²) in [6.45, 7) is 6.55. The topological polar surface area (TPSA) is 49.8 Å². The Bertz CT molecular complexity index is 1180. The highest BCUT2D eigenvalue weighted by Crippen LogP contribution is 2.41. The lowest BCUT2D eigenvalue weighted by molar-refractivity contribution is -0.146. The molecule has 1 saturated heterocycles. The lowest BCUT2D eigenvalue weighted by atomic mass is 9.72. The number of methoxy groups -OCH3 is 1. The molecule has 4 rings (SSSR count). The van der Waals surface area contributed by atoms with Crippen LogP contribution in [0, 0.1) is 17.8 Å². The molecule has 1 aliphatic heterocycles. The van der Waals surface area contributed by atoms with Crippen LogP contribution in [-0.2, 0) is 20.5 Å². The minimum Gasteiger partial charge on any atom is -0.468 e. The number of ether oxygens (including phenoxy) is 1. The number of benzene rings is 3. The van der Waals surface area contributed by atoms with Crippen molar-refractivity contribution < 1.29 is 14.6 Å². The van der Waals surface area contributed by atoms with Crippen LogP contribution < -0.4 is 0 Å². The first-order chi connectivity index (χ1) is 17.9. The van der Waals surface area contributed by atoms with Gasteiger partial charge in [0.2, 0.25) is 0 Å². The summed E-state index contributed by atoms with van der Waals surface area (Å²) in [5.41, 5.74) is 2.12. The molecule has 0 unspecified atom stereocenters. The molecule has 3 aromatic carbocycles. The number of nitrogens with zero attached hydrogens (tertiary/aromatic N) is 1. The summed E-state index contributed by atoms with van der Waals surface area (Å²) >= 11 is 0. The van der Waals surface area contributed by atoms with Crippen LogP contribution in [0.15, 0.2) is 84.9 Å². The molecule has 0 aromatic heterocycles. The van der Waals surface area contributed by atoms with E-state index in [4.69, 9.17) is 4.74 Å². The number of carbonyl (C=O) groups excluding carboxylic acids is 1. The molecule has 4 heteroatoms. The van der Waals surface area contributed by atoms with Crippen molar-refractivity contribution in [2.24, 2.45) is 5.92 Å². The van der Waals surface area contributed by atoms with Gasteiger partial charge in [0.05, 0.1) is 12.5 Å². The molecule has 0 atom stereocenters. The van der Waals surface area contributed by atoms with Gasteiger partial charge in [0.25, 0.3) is 0 Å². The second-order valence-corrected chi connectivity index (χ2v) is 10.4. The van der Waals surface area contributed by atoms with E-state index in [1.54, 1.807) is 0 Å². The first-order valence-corrected chi connectivity index (χ1v) is 13.1. The number of likely N-dealkylation sites (tertiary alicyclic amines) is 1. The quantitative estimate of drug-likeness (QED) is 0.346. The van der Waals surface area contributed by atoms with Crippen LogP contribution in [-0.4, -0.2) is 42.7 Å². The fourth-order valence-corrected chi connectivity index (χ4v) is 5.32. The van der Waals surface area contributed by atoms with Crippen LogP contribution >= 0.6 is 0 Å². The van der Waals surface area contributed by atoms with Crippen molar-refractivity contribution in [1.82, 2.24) is 4.90 Å². The zero-order valence-electron chi connectivity index (χ0n) is 22.1. The van der Waals surface area contributed by atoms with Gasteiger partial charge in [0.1, 0.15) is 5.60 Å². The molecule has 0 aliphatic carbocycles. The Balaban J connectivity index is 1.34. The molecule has 1 N–H and O–H groups in total. The molecule has 192 valence electrons. The average molecular weight is 496 g/mol. The third-order valence-electron chi connectivity index (χ3n) is 7.69. The van der Waals surface area contributed by atoms with Gasteiger partial charge in [-0.1, -0.05) is 84.6 Å². The van der Waals surface area contributed by atoms with Gasteiger partial charge in [-0.25, -0.2) is 0 Å². The zero-order valence-corrected chi connectivity index (χ0v) is 22.1. The Morgan fingerprint density at radius 2 is 1.43 bits per heavy atom. The van der Waals surface area contributed by atoms with Crippen LogP contribution in [0.4, 0.5) is 0 Å². The van der Waals surface area contributed by atoms with Gasteiger partial charge in [-0.05, 0) is 74.5 Å². The molecular weight excluding hydrogens is 458 g/mol. The van der Waals surface area contributed by atoms with Crippen molar-refractivity contribution >= 4 is 5.97 Å². The van der Waals surface area contributed by atoms with E-state index in [0.29, 0.717) is 0 Å². The number of hydrogen-bond donors (Lipinski definition) is 1. The Labute approximate surface area is 221 Å². The lowest BCUT2D eigenvalue weighted by Gasteiger charge is -2.42. The minimum absolute atomic E-state index is 0.160. The molecule has 3 aromatic rings. The highest BCUT2D eigenvalue weighted by Gasteiger charge is 2.41. The van der Waals surface area contributed by atoms with Crippen LogP contribution in [0.2, 0.25) is 0 Å². The summed E-state index contributed by atoms with van der Waals surface area (Å²) in [6.07, 6.45) is 2.66. The zero-order chi connectivity index (χ0) is 26.3. The van der Waals surface area contributed by atoms with Gasteiger partial charge in [-0.2, -0.15) is 0 Å². The van der Waals surface area contributed by atoms with E-state index in [1.165, 1.54) is 7.11 Å². The van der Waals surface area contributed by atoms with E-state index in [-0.39, 0.29) is 11.9 Å². The molecule has 0 radical (unpaired) electrons. The molecule has 1 fully saturated rings. The maximum absolute atomic E-state index is 12.1. The Hall–Kier alpha value is -3.39. The standard InChI is InChI=1S/C33H37NO3/c1-32(2,31(35)37-3)27-19-17-26(18-20-27)12-10-11-23-34-24-21-30(22-25-34)33(36,28-13-6-4-7-14-28)29-15-8-5-9-16-29/h4-9,13-20,30,36H,11,21-25H2,1-3H3. The molecule has 0 amide bonds. The highest BCUT2D eigenvalue weighted by molar-refractivity contribution is 5.82. The molecule has 0 saturated carbocycles. The molecule has 1 heterocycles. The molecule has 37 heavy (non-hydrogen) atoms. The van der Waals surface area contributed by atoms with E-state index >= 15 is 0 Å². The van der Waals surface area contributed by atoms with Crippen LogP contribution in [0.1, 0.15) is 55.4 Å². The number of esters is 1. The summed E-state index contributed by atoms with van der Waals surface area (Å²) < 4.78 is 4.92. The van der Waals surface area contributed by atoms with Crippen LogP contribution in [0.25, 0.3) is 0 Å². The third-order valence-corrected chi connectivity index (χ3v) is 7.69. The SMILES string of the molecule is COC(=O)C(C)(C)c1ccc(C#CCCN2CCC(C(O)(c3ccccc3)c3ccccc3)CC2)cc1. The van der Waals surface area contributed by atoms with Crippen molar-refractivity contribution in [2.75, 3.05) is 26.7 Å². The van der Waals surface area contributed by atoms with Crippen LogP contribution in [0.3, 0.4) is 0 Å². The van der Waals surface area contributed by atoms with Gasteiger partial charge < -0.3 is 14.7 Å². The third kappa shape index (κ3) is 5.96. The maximum atomic E-state index is 12.1. The molecular formula is C33H37NO3. The van der Waals surface area contributed by atoms with Crippen LogP contribution in [0.5, 0.6) is 0 Å². The second-order valence-electron chi connectivity index (χ2n) is 10.4. The fourth-order valence-electron chi connectivity index (χ4n) is 5.32. The van der Waals surface area contributed by atoms with Crippen molar-refractivity contribution in [3.63, 3.8) is 0 Å². The first kappa shape index (κ1) is 26.7. The summed E-state index contributed by atoms with van der Waals surface area (Å²) in [6, 6.07) is 28.0. The second kappa shape index (κ2) is 11.8. The lowest BCUT2D eigenvalue weighted by Crippen LogP contribution is -2.44. The summed E-state index contributed by atoms with van der Waals surface area (Å²) in [5, 5.41) is 12.1. The van der Waals surface area contributed by atoms with Gasteiger partial charge >= 0.3 is 5.97 Å². The van der Waals surface area contributed by atoms with Crippen molar-refractivity contribution in [3.05, 3.63) is 107 Å². The molecule has 1 aliphatic rings. The minimum atomic E-state index is -0.983. The summed E-state index contributed by atoms with van der Waals surface area (Å²) in [5.74, 6) is 6.46. The smallest absolute Gasteiger partial charge is 0.315 e. The molecule has 0 bridgehead atoms. The van der Waals surface area contributed by atoms with E-state index in [1.807, 2.05) is 98.8 Å².